The van der Waals surface area contributed by atoms with E-state index in [1.54, 1.807) is 0 Å². The normalized spacial score (nSPS) is 13.5. The molecule has 0 aliphatic carbocycles. The summed E-state index contributed by atoms with van der Waals surface area (Å²) in [7, 11) is 0. The Hall–Kier alpha value is -3.43. The monoisotopic (exact) mass is 366 g/mol. The van der Waals surface area contributed by atoms with Gasteiger partial charge >= 0.3 is 0 Å². The van der Waals surface area contributed by atoms with Gasteiger partial charge in [0.25, 0.3) is 0 Å². The molecule has 1 heterocycles. The summed E-state index contributed by atoms with van der Waals surface area (Å²) in [6.45, 7) is 0. The first-order valence-corrected chi connectivity index (χ1v) is 9.35. The Morgan fingerprint density at radius 2 is 1.43 bits per heavy atom. The molecule has 4 rings (SSSR count). The van der Waals surface area contributed by atoms with Gasteiger partial charge in [-0.05, 0) is 23.3 Å². The van der Waals surface area contributed by atoms with Crippen molar-refractivity contribution in [3.63, 3.8) is 0 Å². The van der Waals surface area contributed by atoms with Crippen LogP contribution in [0.1, 0.15) is 16.8 Å². The molecule has 0 fully saturated rings. The molecule has 0 aliphatic heterocycles. The first kappa shape index (κ1) is 18.0. The zero-order valence-corrected chi connectivity index (χ0v) is 15.5. The molecule has 138 valence electrons. The zero-order valence-electron chi connectivity index (χ0n) is 15.5. The molecule has 0 bridgehead atoms. The highest BCUT2D eigenvalue weighted by atomic mass is 16.3. The minimum Gasteiger partial charge on any atom is -0.381 e. The van der Waals surface area contributed by atoms with Crippen LogP contribution >= 0.6 is 0 Å². The molecule has 1 aromatic heterocycles. The molecule has 0 aliphatic rings. The standard InChI is InChI=1S/C25H22N2O/c28-25(22-14-8-3-9-15-22,17-16-20-10-4-1-5-11-20)19-23-18-24(27-26-23)21-12-6-2-7-13-21/h1-18,28H,19H2,(H,26,27)/b17-16+. The lowest BCUT2D eigenvalue weighted by Crippen LogP contribution is -2.26. The van der Waals surface area contributed by atoms with Gasteiger partial charge in [-0.15, -0.1) is 0 Å². The Kier molecular flexibility index (Phi) is 5.18. The van der Waals surface area contributed by atoms with Crippen molar-refractivity contribution in [2.45, 2.75) is 12.0 Å². The molecule has 3 nitrogen and oxygen atoms in total. The number of rotatable bonds is 6. The van der Waals surface area contributed by atoms with Crippen LogP contribution in [-0.4, -0.2) is 15.3 Å². The van der Waals surface area contributed by atoms with E-state index in [0.717, 1.165) is 28.1 Å². The van der Waals surface area contributed by atoms with Crippen LogP contribution in [-0.2, 0) is 12.0 Å². The van der Waals surface area contributed by atoms with Crippen LogP contribution in [0.25, 0.3) is 17.3 Å². The van der Waals surface area contributed by atoms with E-state index in [9.17, 15) is 5.11 Å². The topological polar surface area (TPSA) is 48.9 Å². The molecule has 4 aromatic rings. The Morgan fingerprint density at radius 1 is 0.821 bits per heavy atom. The molecule has 0 spiro atoms. The summed E-state index contributed by atoms with van der Waals surface area (Å²) in [5.74, 6) is 0. The number of benzene rings is 3. The molecule has 1 unspecified atom stereocenters. The summed E-state index contributed by atoms with van der Waals surface area (Å²) < 4.78 is 0. The largest absolute Gasteiger partial charge is 0.381 e. The molecular formula is C25H22N2O. The fourth-order valence-electron chi connectivity index (χ4n) is 3.28. The first-order chi connectivity index (χ1) is 13.7. The molecular weight excluding hydrogens is 344 g/mol. The van der Waals surface area contributed by atoms with Crippen LogP contribution in [0.5, 0.6) is 0 Å². The van der Waals surface area contributed by atoms with Crippen molar-refractivity contribution >= 4 is 6.08 Å². The van der Waals surface area contributed by atoms with Crippen LogP contribution < -0.4 is 0 Å². The van der Waals surface area contributed by atoms with Gasteiger partial charge in [-0.1, -0.05) is 97.1 Å². The smallest absolute Gasteiger partial charge is 0.114 e. The highest BCUT2D eigenvalue weighted by molar-refractivity contribution is 5.59. The number of hydrogen-bond donors (Lipinski definition) is 2. The lowest BCUT2D eigenvalue weighted by atomic mass is 9.88. The predicted molar refractivity (Wildman–Crippen MR) is 114 cm³/mol. The van der Waals surface area contributed by atoms with E-state index in [-0.39, 0.29) is 0 Å². The number of aromatic nitrogens is 2. The van der Waals surface area contributed by atoms with Crippen LogP contribution in [0.4, 0.5) is 0 Å². The van der Waals surface area contributed by atoms with Gasteiger partial charge < -0.3 is 5.11 Å². The Balaban J connectivity index is 1.65. The molecule has 0 amide bonds. The van der Waals surface area contributed by atoms with Gasteiger partial charge in [0.2, 0.25) is 0 Å². The van der Waals surface area contributed by atoms with Crippen molar-refractivity contribution in [2.24, 2.45) is 0 Å². The third kappa shape index (κ3) is 4.11. The molecule has 3 heteroatoms. The van der Waals surface area contributed by atoms with E-state index in [1.165, 1.54) is 0 Å². The molecule has 3 aromatic carbocycles. The summed E-state index contributed by atoms with van der Waals surface area (Å²) in [4.78, 5) is 0. The second-order valence-electron chi connectivity index (χ2n) is 6.86. The van der Waals surface area contributed by atoms with Gasteiger partial charge in [0.05, 0.1) is 5.69 Å². The van der Waals surface area contributed by atoms with Gasteiger partial charge in [0.15, 0.2) is 0 Å². The van der Waals surface area contributed by atoms with Gasteiger partial charge in [0.1, 0.15) is 5.60 Å². The maximum absolute atomic E-state index is 11.5. The summed E-state index contributed by atoms with van der Waals surface area (Å²) in [6, 6.07) is 31.8. The molecule has 0 saturated heterocycles. The van der Waals surface area contributed by atoms with Gasteiger partial charge in [0, 0.05) is 17.7 Å². The van der Waals surface area contributed by atoms with Crippen molar-refractivity contribution in [1.82, 2.24) is 10.2 Å². The Bertz CT molecular complexity index is 1040. The molecule has 28 heavy (non-hydrogen) atoms. The minimum absolute atomic E-state index is 0.403. The average molecular weight is 366 g/mol. The molecule has 0 radical (unpaired) electrons. The lowest BCUT2D eigenvalue weighted by Gasteiger charge is -2.24. The van der Waals surface area contributed by atoms with Crippen molar-refractivity contribution in [2.75, 3.05) is 0 Å². The second-order valence-corrected chi connectivity index (χ2v) is 6.86. The molecule has 1 atom stereocenters. The van der Waals surface area contributed by atoms with Gasteiger partial charge in [-0.2, -0.15) is 5.10 Å². The fraction of sp³-hybridized carbons (Fsp3) is 0.0800. The average Bonchev–Trinajstić information content (AvgIpc) is 3.23. The summed E-state index contributed by atoms with van der Waals surface area (Å²) in [5, 5.41) is 19.0. The third-order valence-corrected chi connectivity index (χ3v) is 4.79. The molecule has 0 saturated carbocycles. The Morgan fingerprint density at radius 3 is 2.11 bits per heavy atom. The number of hydrogen-bond acceptors (Lipinski definition) is 2. The van der Waals surface area contributed by atoms with Crippen molar-refractivity contribution in [3.05, 3.63) is 120 Å². The van der Waals surface area contributed by atoms with E-state index in [2.05, 4.69) is 10.2 Å². The number of nitrogens with zero attached hydrogens (tertiary/aromatic N) is 1. The fourth-order valence-corrected chi connectivity index (χ4v) is 3.28. The number of H-pyrrole nitrogens is 1. The maximum Gasteiger partial charge on any atom is 0.114 e. The second kappa shape index (κ2) is 8.07. The third-order valence-electron chi connectivity index (χ3n) is 4.79. The van der Waals surface area contributed by atoms with E-state index in [4.69, 9.17) is 0 Å². The first-order valence-electron chi connectivity index (χ1n) is 9.35. The van der Waals surface area contributed by atoms with Gasteiger partial charge in [-0.3, -0.25) is 5.10 Å². The maximum atomic E-state index is 11.5. The summed E-state index contributed by atoms with van der Waals surface area (Å²) >= 11 is 0. The zero-order chi connectivity index (χ0) is 19.2. The van der Waals surface area contributed by atoms with Crippen LogP contribution in [0.2, 0.25) is 0 Å². The number of nitrogens with one attached hydrogen (secondary N) is 1. The highest BCUT2D eigenvalue weighted by Gasteiger charge is 2.27. The van der Waals surface area contributed by atoms with E-state index < -0.39 is 5.60 Å². The van der Waals surface area contributed by atoms with E-state index in [0.29, 0.717) is 6.42 Å². The SMILES string of the molecule is OC(/C=C/c1ccccc1)(Cc1cc(-c2ccccc2)n[nH]1)c1ccccc1. The quantitative estimate of drug-likeness (QED) is 0.491. The van der Waals surface area contributed by atoms with Crippen molar-refractivity contribution in [1.29, 1.82) is 0 Å². The molecule has 2 N–H and O–H groups in total. The van der Waals surface area contributed by atoms with Gasteiger partial charge in [-0.25, -0.2) is 0 Å². The van der Waals surface area contributed by atoms with Crippen LogP contribution in [0.3, 0.4) is 0 Å². The predicted octanol–water partition coefficient (Wildman–Crippen LogP) is 5.22. The van der Waals surface area contributed by atoms with E-state index >= 15 is 0 Å². The summed E-state index contributed by atoms with van der Waals surface area (Å²) in [6.07, 6.45) is 4.22. The Labute approximate surface area is 165 Å². The van der Waals surface area contributed by atoms with Crippen molar-refractivity contribution < 1.29 is 5.11 Å². The lowest BCUT2D eigenvalue weighted by molar-refractivity contribution is 0.0896. The van der Waals surface area contributed by atoms with E-state index in [1.807, 2.05) is 109 Å². The minimum atomic E-state index is -1.14. The number of aliphatic hydroxyl groups is 1. The van der Waals surface area contributed by atoms with Crippen LogP contribution in [0.15, 0.2) is 103 Å². The van der Waals surface area contributed by atoms with Crippen LogP contribution in [0, 0.1) is 0 Å². The summed E-state index contributed by atoms with van der Waals surface area (Å²) in [5.41, 5.74) is 3.55. The highest BCUT2D eigenvalue weighted by Crippen LogP contribution is 2.29. The van der Waals surface area contributed by atoms with Crippen molar-refractivity contribution in [3.8, 4) is 11.3 Å². The number of aromatic amines is 1.